The van der Waals surface area contributed by atoms with E-state index in [0.717, 1.165) is 24.7 Å². The van der Waals surface area contributed by atoms with Crippen LogP contribution in [0.25, 0.3) is 0 Å². The second-order valence-corrected chi connectivity index (χ2v) is 8.78. The molecule has 120 valence electrons. The first-order chi connectivity index (χ1) is 10.3. The Bertz CT molecular complexity index is 605. The molecule has 0 saturated heterocycles. The van der Waals surface area contributed by atoms with E-state index in [1.54, 1.807) is 7.05 Å². The molecule has 1 amide bonds. The number of hydrogen-bond acceptors (Lipinski definition) is 4. The summed E-state index contributed by atoms with van der Waals surface area (Å²) in [5, 5.41) is 6.67. The van der Waals surface area contributed by atoms with Crippen molar-refractivity contribution in [2.24, 2.45) is 16.7 Å². The summed E-state index contributed by atoms with van der Waals surface area (Å²) >= 11 is 0. The van der Waals surface area contributed by atoms with E-state index >= 15 is 0 Å². The quantitative estimate of drug-likeness (QED) is 0.932. The SMILES string of the molecule is CNC(=O)Cc1noc(C23CC4CC(C)(CC(C)(C4)C2)C3)n1. The average molecular weight is 303 g/mol. The minimum Gasteiger partial charge on any atom is -0.359 e. The highest BCUT2D eigenvalue weighted by Crippen LogP contribution is 2.69. The fourth-order valence-electron chi connectivity index (χ4n) is 6.46. The summed E-state index contributed by atoms with van der Waals surface area (Å²) in [5.41, 5.74) is 0.893. The zero-order valence-corrected chi connectivity index (χ0v) is 13.7. The molecule has 1 heterocycles. The normalized spacial score (nSPS) is 42.6. The first-order valence-electron chi connectivity index (χ1n) is 8.38. The third-order valence-corrected chi connectivity index (χ3v) is 6.15. The van der Waals surface area contributed by atoms with Gasteiger partial charge in [-0.25, -0.2) is 0 Å². The molecule has 0 aliphatic heterocycles. The van der Waals surface area contributed by atoms with Gasteiger partial charge in [0.1, 0.15) is 0 Å². The van der Waals surface area contributed by atoms with E-state index in [1.807, 2.05) is 0 Å². The van der Waals surface area contributed by atoms with Crippen LogP contribution >= 0.6 is 0 Å². The molecule has 5 heteroatoms. The van der Waals surface area contributed by atoms with E-state index in [4.69, 9.17) is 4.52 Å². The Morgan fingerprint density at radius 3 is 2.50 bits per heavy atom. The average Bonchev–Trinajstić information content (AvgIpc) is 2.83. The molecule has 4 aliphatic carbocycles. The van der Waals surface area contributed by atoms with Gasteiger partial charge in [-0.1, -0.05) is 19.0 Å². The molecule has 2 unspecified atom stereocenters. The van der Waals surface area contributed by atoms with Crippen LogP contribution in [0.15, 0.2) is 4.52 Å². The summed E-state index contributed by atoms with van der Waals surface area (Å²) in [6.45, 7) is 4.87. The molecule has 4 bridgehead atoms. The molecule has 4 saturated carbocycles. The number of hydrogen-bond donors (Lipinski definition) is 1. The van der Waals surface area contributed by atoms with Gasteiger partial charge in [0.05, 0.1) is 11.8 Å². The van der Waals surface area contributed by atoms with E-state index in [1.165, 1.54) is 25.7 Å². The van der Waals surface area contributed by atoms with Crippen LogP contribution in [-0.2, 0) is 16.6 Å². The molecule has 4 aliphatic rings. The zero-order chi connectivity index (χ0) is 15.6. The molecule has 0 aromatic carbocycles. The van der Waals surface area contributed by atoms with Gasteiger partial charge >= 0.3 is 0 Å². The maximum Gasteiger partial charge on any atom is 0.232 e. The van der Waals surface area contributed by atoms with E-state index in [2.05, 4.69) is 29.3 Å². The van der Waals surface area contributed by atoms with Crippen LogP contribution in [0.5, 0.6) is 0 Å². The molecule has 2 atom stereocenters. The third kappa shape index (κ3) is 2.09. The summed E-state index contributed by atoms with van der Waals surface area (Å²) in [6, 6.07) is 0. The lowest BCUT2D eigenvalue weighted by molar-refractivity contribution is -0.120. The molecule has 22 heavy (non-hydrogen) atoms. The molecule has 4 fully saturated rings. The largest absolute Gasteiger partial charge is 0.359 e. The molecule has 5 nitrogen and oxygen atoms in total. The summed E-state index contributed by atoms with van der Waals surface area (Å²) in [6.07, 6.45) is 7.74. The number of nitrogens with one attached hydrogen (secondary N) is 1. The predicted octanol–water partition coefficient (Wildman–Crippen LogP) is 2.61. The fourth-order valence-corrected chi connectivity index (χ4v) is 6.46. The van der Waals surface area contributed by atoms with Crippen molar-refractivity contribution in [3.8, 4) is 0 Å². The van der Waals surface area contributed by atoms with Crippen molar-refractivity contribution in [3.63, 3.8) is 0 Å². The smallest absolute Gasteiger partial charge is 0.232 e. The summed E-state index contributed by atoms with van der Waals surface area (Å²) < 4.78 is 5.64. The monoisotopic (exact) mass is 303 g/mol. The van der Waals surface area contributed by atoms with Crippen LogP contribution in [-0.4, -0.2) is 23.1 Å². The lowest BCUT2D eigenvalue weighted by atomic mass is 9.40. The van der Waals surface area contributed by atoms with Crippen LogP contribution in [0.2, 0.25) is 0 Å². The Morgan fingerprint density at radius 1 is 1.23 bits per heavy atom. The van der Waals surface area contributed by atoms with Gasteiger partial charge in [0, 0.05) is 7.05 Å². The number of nitrogens with zero attached hydrogens (tertiary/aromatic N) is 2. The third-order valence-electron chi connectivity index (χ3n) is 6.15. The van der Waals surface area contributed by atoms with Gasteiger partial charge in [-0.2, -0.15) is 4.98 Å². The van der Waals surface area contributed by atoms with Gasteiger partial charge in [0.25, 0.3) is 0 Å². The van der Waals surface area contributed by atoms with Crippen LogP contribution in [0.4, 0.5) is 0 Å². The fraction of sp³-hybridized carbons (Fsp3) is 0.824. The second kappa shape index (κ2) is 4.33. The van der Waals surface area contributed by atoms with Gasteiger partial charge in [-0.3, -0.25) is 4.79 Å². The molecular weight excluding hydrogens is 278 g/mol. The Hall–Kier alpha value is -1.39. The van der Waals surface area contributed by atoms with Crippen molar-refractivity contribution < 1.29 is 9.32 Å². The van der Waals surface area contributed by atoms with Gasteiger partial charge in [-0.05, 0) is 55.3 Å². The standard InChI is InChI=1S/C17H25N3O2/c1-15-5-11-6-16(2,8-15)10-17(7-11,9-15)14-19-12(20-22-14)4-13(21)18-3/h11H,4-10H2,1-3H3,(H,18,21). The van der Waals surface area contributed by atoms with Gasteiger partial charge < -0.3 is 9.84 Å². The van der Waals surface area contributed by atoms with Crippen molar-refractivity contribution in [1.29, 1.82) is 0 Å². The van der Waals surface area contributed by atoms with Gasteiger partial charge in [0.15, 0.2) is 5.82 Å². The minimum absolute atomic E-state index is 0.0524. The number of amides is 1. The molecule has 0 spiro atoms. The number of carbonyl (C=O) groups is 1. The van der Waals surface area contributed by atoms with Crippen LogP contribution in [0.1, 0.15) is 64.1 Å². The lowest BCUT2D eigenvalue weighted by Crippen LogP contribution is -2.57. The van der Waals surface area contributed by atoms with Gasteiger partial charge in [-0.15, -0.1) is 0 Å². The molecule has 5 rings (SSSR count). The van der Waals surface area contributed by atoms with Crippen molar-refractivity contribution in [2.45, 2.75) is 64.2 Å². The number of likely N-dealkylation sites (N-methyl/N-ethyl adjacent to an activating group) is 1. The highest BCUT2D eigenvalue weighted by atomic mass is 16.5. The Morgan fingerprint density at radius 2 is 1.91 bits per heavy atom. The maximum atomic E-state index is 11.5. The topological polar surface area (TPSA) is 68.0 Å². The maximum absolute atomic E-state index is 11.5. The van der Waals surface area contributed by atoms with E-state index < -0.39 is 0 Å². The van der Waals surface area contributed by atoms with Crippen LogP contribution < -0.4 is 5.32 Å². The Labute approximate surface area is 131 Å². The molecule has 1 N–H and O–H groups in total. The molecule has 0 radical (unpaired) electrons. The Balaban J connectivity index is 1.66. The highest BCUT2D eigenvalue weighted by molar-refractivity contribution is 5.77. The summed E-state index contributed by atoms with van der Waals surface area (Å²) in [7, 11) is 1.63. The Kier molecular flexibility index (Phi) is 2.80. The summed E-state index contributed by atoms with van der Waals surface area (Å²) in [4.78, 5) is 16.1. The number of carbonyl (C=O) groups excluding carboxylic acids is 1. The van der Waals surface area contributed by atoms with Crippen molar-refractivity contribution >= 4 is 5.91 Å². The van der Waals surface area contributed by atoms with Crippen molar-refractivity contribution in [3.05, 3.63) is 11.7 Å². The molecule has 1 aromatic heterocycles. The molecule has 1 aromatic rings. The van der Waals surface area contributed by atoms with Crippen molar-refractivity contribution in [1.82, 2.24) is 15.5 Å². The van der Waals surface area contributed by atoms with Crippen LogP contribution in [0.3, 0.4) is 0 Å². The summed E-state index contributed by atoms with van der Waals surface area (Å²) in [5.74, 6) is 2.02. The van der Waals surface area contributed by atoms with E-state index in [-0.39, 0.29) is 17.7 Å². The second-order valence-electron chi connectivity index (χ2n) is 8.78. The van der Waals surface area contributed by atoms with Gasteiger partial charge in [0.2, 0.25) is 11.8 Å². The van der Waals surface area contributed by atoms with Crippen LogP contribution in [0, 0.1) is 16.7 Å². The lowest BCUT2D eigenvalue weighted by Gasteiger charge is -2.64. The van der Waals surface area contributed by atoms with E-state index in [0.29, 0.717) is 16.7 Å². The zero-order valence-electron chi connectivity index (χ0n) is 13.7. The first-order valence-corrected chi connectivity index (χ1v) is 8.38. The first kappa shape index (κ1) is 14.2. The highest BCUT2D eigenvalue weighted by Gasteiger charge is 2.62. The van der Waals surface area contributed by atoms with Crippen molar-refractivity contribution in [2.75, 3.05) is 7.05 Å². The minimum atomic E-state index is -0.0724. The molecular formula is C17H25N3O2. The van der Waals surface area contributed by atoms with E-state index in [9.17, 15) is 4.79 Å². The number of rotatable bonds is 3. The number of aromatic nitrogens is 2. The predicted molar refractivity (Wildman–Crippen MR) is 81.2 cm³/mol.